The third-order valence-electron chi connectivity index (χ3n) is 3.54. The topological polar surface area (TPSA) is 126 Å². The number of nitrogen functional groups attached to an aromatic ring is 1. The third kappa shape index (κ3) is 4.96. The van der Waals surface area contributed by atoms with E-state index in [9.17, 15) is 14.7 Å². The van der Waals surface area contributed by atoms with Gasteiger partial charge in [0.25, 0.3) is 5.91 Å². The van der Waals surface area contributed by atoms with Crippen LogP contribution in [0.1, 0.15) is 12.5 Å². The molecule has 3 N–H and O–H groups in total. The first-order valence-corrected chi connectivity index (χ1v) is 8.12. The van der Waals surface area contributed by atoms with E-state index in [-0.39, 0.29) is 18.9 Å². The summed E-state index contributed by atoms with van der Waals surface area (Å²) in [6, 6.07) is 12.8. The average Bonchev–Trinajstić information content (AvgIpc) is 2.68. The van der Waals surface area contributed by atoms with Gasteiger partial charge in [-0.15, -0.1) is 0 Å². The van der Waals surface area contributed by atoms with E-state index in [1.807, 2.05) is 6.07 Å². The molecule has 0 radical (unpaired) electrons. The predicted octanol–water partition coefficient (Wildman–Crippen LogP) is 1.74. The SMILES string of the molecule is CCOC(=O)COc1ccc(N(C(=O)CO)c2ccc(C#N)cc2)c(N)c1. The van der Waals surface area contributed by atoms with Gasteiger partial charge < -0.3 is 20.3 Å². The minimum absolute atomic E-state index is 0.211. The molecule has 0 heterocycles. The van der Waals surface area contributed by atoms with Crippen LogP contribution in [-0.4, -0.2) is 36.8 Å². The molecule has 0 spiro atoms. The van der Waals surface area contributed by atoms with Gasteiger partial charge >= 0.3 is 5.97 Å². The maximum atomic E-state index is 12.3. The van der Waals surface area contributed by atoms with Gasteiger partial charge in [-0.1, -0.05) is 0 Å². The standard InChI is InChI=1S/C19H19N3O5/c1-2-26-19(25)12-27-15-7-8-17(16(21)9-15)22(18(24)11-23)14-5-3-13(10-20)4-6-14/h3-9,23H,2,11-12,21H2,1H3. The Morgan fingerprint density at radius 1 is 1.22 bits per heavy atom. The summed E-state index contributed by atoms with van der Waals surface area (Å²) in [6.07, 6.45) is 0. The van der Waals surface area contributed by atoms with E-state index < -0.39 is 18.5 Å². The molecule has 140 valence electrons. The van der Waals surface area contributed by atoms with Crippen LogP contribution in [0.2, 0.25) is 0 Å². The fourth-order valence-electron chi connectivity index (χ4n) is 2.34. The quantitative estimate of drug-likeness (QED) is 0.562. The summed E-state index contributed by atoms with van der Waals surface area (Å²) in [4.78, 5) is 24.9. The molecular formula is C19H19N3O5. The van der Waals surface area contributed by atoms with Gasteiger partial charge in [-0.3, -0.25) is 9.69 Å². The summed E-state index contributed by atoms with van der Waals surface area (Å²) in [5.74, 6) is -0.762. The van der Waals surface area contributed by atoms with Crippen molar-refractivity contribution in [1.29, 1.82) is 5.26 Å². The molecule has 0 bridgehead atoms. The monoisotopic (exact) mass is 369 g/mol. The van der Waals surface area contributed by atoms with Crippen LogP contribution in [0.3, 0.4) is 0 Å². The van der Waals surface area contributed by atoms with Gasteiger partial charge in [0.2, 0.25) is 0 Å². The van der Waals surface area contributed by atoms with E-state index in [0.717, 1.165) is 0 Å². The van der Waals surface area contributed by atoms with Crippen LogP contribution in [0, 0.1) is 11.3 Å². The Hall–Kier alpha value is -3.57. The summed E-state index contributed by atoms with van der Waals surface area (Å²) in [7, 11) is 0. The zero-order valence-corrected chi connectivity index (χ0v) is 14.7. The third-order valence-corrected chi connectivity index (χ3v) is 3.54. The summed E-state index contributed by atoms with van der Waals surface area (Å²) >= 11 is 0. The second-order valence-corrected chi connectivity index (χ2v) is 5.36. The second kappa shape index (κ2) is 9.22. The van der Waals surface area contributed by atoms with E-state index in [2.05, 4.69) is 0 Å². The van der Waals surface area contributed by atoms with Gasteiger partial charge in [0, 0.05) is 11.8 Å². The van der Waals surface area contributed by atoms with Gasteiger partial charge in [0.15, 0.2) is 6.61 Å². The van der Waals surface area contributed by atoms with Gasteiger partial charge in [-0.25, -0.2) is 4.79 Å². The van der Waals surface area contributed by atoms with Crippen molar-refractivity contribution in [1.82, 2.24) is 0 Å². The highest BCUT2D eigenvalue weighted by Crippen LogP contribution is 2.33. The molecular weight excluding hydrogens is 350 g/mol. The number of carbonyl (C=O) groups excluding carboxylic acids is 2. The van der Waals surface area contributed by atoms with Gasteiger partial charge in [0.05, 0.1) is 29.6 Å². The number of anilines is 3. The van der Waals surface area contributed by atoms with Crippen LogP contribution in [0.25, 0.3) is 0 Å². The number of ether oxygens (including phenoxy) is 2. The van der Waals surface area contributed by atoms with E-state index in [4.69, 9.17) is 20.5 Å². The van der Waals surface area contributed by atoms with Gasteiger partial charge in [-0.05, 0) is 43.3 Å². The molecule has 8 nitrogen and oxygen atoms in total. The van der Waals surface area contributed by atoms with Crippen molar-refractivity contribution in [3.05, 3.63) is 48.0 Å². The molecule has 0 saturated heterocycles. The number of nitrogens with two attached hydrogens (primary N) is 1. The van der Waals surface area contributed by atoms with Gasteiger partial charge in [-0.2, -0.15) is 5.26 Å². The first-order chi connectivity index (χ1) is 13.0. The Bertz CT molecular complexity index is 859. The normalized spacial score (nSPS) is 9.96. The zero-order valence-electron chi connectivity index (χ0n) is 14.7. The van der Waals surface area contributed by atoms with Crippen LogP contribution >= 0.6 is 0 Å². The first-order valence-electron chi connectivity index (χ1n) is 8.12. The van der Waals surface area contributed by atoms with Crippen molar-refractivity contribution in [2.24, 2.45) is 0 Å². The second-order valence-electron chi connectivity index (χ2n) is 5.36. The summed E-state index contributed by atoms with van der Waals surface area (Å²) in [5, 5.41) is 18.2. The number of nitrogens with zero attached hydrogens (tertiary/aromatic N) is 2. The molecule has 1 amide bonds. The van der Waals surface area contributed by atoms with Crippen LogP contribution in [0.5, 0.6) is 5.75 Å². The van der Waals surface area contributed by atoms with E-state index in [0.29, 0.717) is 22.7 Å². The molecule has 0 atom stereocenters. The van der Waals surface area contributed by atoms with E-state index >= 15 is 0 Å². The van der Waals surface area contributed by atoms with Crippen LogP contribution in [0.15, 0.2) is 42.5 Å². The molecule has 0 unspecified atom stereocenters. The number of carbonyl (C=O) groups is 2. The van der Waals surface area contributed by atoms with Crippen LogP contribution < -0.4 is 15.4 Å². The summed E-state index contributed by atoms with van der Waals surface area (Å²) in [5.41, 5.74) is 7.48. The highest BCUT2D eigenvalue weighted by molar-refractivity contribution is 6.03. The number of nitriles is 1. The molecule has 0 saturated carbocycles. The molecule has 0 aliphatic rings. The van der Waals surface area contributed by atoms with Crippen molar-refractivity contribution in [2.45, 2.75) is 6.92 Å². The fraction of sp³-hybridized carbons (Fsp3) is 0.211. The molecule has 2 aromatic carbocycles. The molecule has 0 aliphatic heterocycles. The van der Waals surface area contributed by atoms with E-state index in [1.165, 1.54) is 11.0 Å². The zero-order chi connectivity index (χ0) is 19.8. The maximum Gasteiger partial charge on any atom is 0.344 e. The highest BCUT2D eigenvalue weighted by atomic mass is 16.6. The van der Waals surface area contributed by atoms with Crippen LogP contribution in [0.4, 0.5) is 17.1 Å². The summed E-state index contributed by atoms with van der Waals surface area (Å²) in [6.45, 7) is 0.967. The van der Waals surface area contributed by atoms with Crippen LogP contribution in [-0.2, 0) is 14.3 Å². The fourth-order valence-corrected chi connectivity index (χ4v) is 2.34. The number of aliphatic hydroxyl groups is 1. The lowest BCUT2D eigenvalue weighted by molar-refractivity contribution is -0.145. The lowest BCUT2D eigenvalue weighted by atomic mass is 10.1. The smallest absolute Gasteiger partial charge is 0.344 e. The molecule has 8 heteroatoms. The lowest BCUT2D eigenvalue weighted by Crippen LogP contribution is -2.29. The number of benzene rings is 2. The highest BCUT2D eigenvalue weighted by Gasteiger charge is 2.20. The lowest BCUT2D eigenvalue weighted by Gasteiger charge is -2.24. The minimum atomic E-state index is -0.722. The number of amides is 1. The Morgan fingerprint density at radius 2 is 1.93 bits per heavy atom. The van der Waals surface area contributed by atoms with Gasteiger partial charge in [0.1, 0.15) is 12.4 Å². The Labute approximate surface area is 156 Å². The van der Waals surface area contributed by atoms with E-state index in [1.54, 1.807) is 43.3 Å². The van der Waals surface area contributed by atoms with Crippen molar-refractivity contribution in [3.63, 3.8) is 0 Å². The number of hydrogen-bond acceptors (Lipinski definition) is 7. The van der Waals surface area contributed by atoms with Crippen molar-refractivity contribution in [3.8, 4) is 11.8 Å². The number of hydrogen-bond donors (Lipinski definition) is 2. The molecule has 27 heavy (non-hydrogen) atoms. The van der Waals surface area contributed by atoms with Crippen molar-refractivity contribution < 1.29 is 24.2 Å². The largest absolute Gasteiger partial charge is 0.482 e. The maximum absolute atomic E-state index is 12.3. The van der Waals surface area contributed by atoms with Crippen molar-refractivity contribution >= 4 is 28.9 Å². The Balaban J connectivity index is 2.29. The molecule has 2 aromatic rings. The average molecular weight is 369 g/mol. The molecule has 0 aromatic heterocycles. The Morgan fingerprint density at radius 3 is 2.48 bits per heavy atom. The van der Waals surface area contributed by atoms with Crippen molar-refractivity contribution in [2.75, 3.05) is 30.5 Å². The number of esters is 1. The number of aliphatic hydroxyl groups excluding tert-OH is 1. The first kappa shape index (κ1) is 19.8. The molecule has 2 rings (SSSR count). The molecule has 0 fully saturated rings. The minimum Gasteiger partial charge on any atom is -0.482 e. The number of rotatable bonds is 7. The predicted molar refractivity (Wildman–Crippen MR) is 98.4 cm³/mol. The molecule has 0 aliphatic carbocycles. The summed E-state index contributed by atoms with van der Waals surface area (Å²) < 4.78 is 10.1. The Kier molecular flexibility index (Phi) is 6.74.